The summed E-state index contributed by atoms with van der Waals surface area (Å²) in [5.74, 6) is -1.57. The van der Waals surface area contributed by atoms with Crippen molar-refractivity contribution >= 4 is 34.7 Å². The number of aromatic amines is 1. The maximum atomic E-state index is 14.1. The molecule has 4 amide bonds. The van der Waals surface area contributed by atoms with Crippen molar-refractivity contribution in [3.8, 4) is 5.75 Å². The van der Waals surface area contributed by atoms with E-state index in [1.165, 1.54) is 0 Å². The van der Waals surface area contributed by atoms with E-state index in [9.17, 15) is 19.2 Å². The number of hydrogen-bond acceptors (Lipinski definition) is 6. The Balaban J connectivity index is 1.65. The molecule has 0 aliphatic heterocycles. The first kappa shape index (κ1) is 32.4. The topological polar surface area (TPSA) is 165 Å². The molecule has 0 bridgehead atoms. The molecule has 6 N–H and O–H groups in total. The van der Waals surface area contributed by atoms with E-state index in [0.717, 1.165) is 27.7 Å². The molecule has 1 aliphatic carbocycles. The van der Waals surface area contributed by atoms with Crippen LogP contribution < -0.4 is 26.4 Å². The molecular weight excluding hydrogens is 562 g/mol. The Morgan fingerprint density at radius 2 is 1.73 bits per heavy atom. The highest BCUT2D eigenvalue weighted by Crippen LogP contribution is 2.37. The van der Waals surface area contributed by atoms with E-state index in [-0.39, 0.29) is 31.3 Å². The highest BCUT2D eigenvalue weighted by molar-refractivity contribution is 5.98. The largest absolute Gasteiger partial charge is 0.495 e. The Morgan fingerprint density at radius 3 is 2.36 bits per heavy atom. The van der Waals surface area contributed by atoms with Gasteiger partial charge in [0.05, 0.1) is 12.6 Å². The van der Waals surface area contributed by atoms with Gasteiger partial charge in [-0.05, 0) is 41.9 Å². The molecule has 4 atom stereocenters. The number of aryl methyl sites for hydroxylation is 1. The second-order valence-corrected chi connectivity index (χ2v) is 11.9. The minimum absolute atomic E-state index is 0.0460. The number of carbonyl (C=O) groups is 4. The van der Waals surface area contributed by atoms with E-state index in [1.54, 1.807) is 21.0 Å². The van der Waals surface area contributed by atoms with Crippen LogP contribution in [-0.2, 0) is 38.6 Å². The fourth-order valence-electron chi connectivity index (χ4n) is 5.72. The second-order valence-electron chi connectivity index (χ2n) is 11.9. The predicted molar refractivity (Wildman–Crippen MR) is 167 cm³/mol. The van der Waals surface area contributed by atoms with Crippen LogP contribution in [0, 0.1) is 11.8 Å². The van der Waals surface area contributed by atoms with E-state index in [4.69, 9.17) is 15.2 Å². The number of methoxy groups -OCH3 is 1. The number of nitrogens with one attached hydrogen (secondary N) is 4. The molecule has 0 saturated heterocycles. The van der Waals surface area contributed by atoms with Crippen LogP contribution in [0.15, 0.2) is 48.5 Å². The van der Waals surface area contributed by atoms with Crippen LogP contribution in [0.5, 0.6) is 5.75 Å². The van der Waals surface area contributed by atoms with Crippen LogP contribution >= 0.6 is 0 Å². The summed E-state index contributed by atoms with van der Waals surface area (Å²) in [6.07, 6.45) is 0.699. The Hall–Kier alpha value is -4.54. The van der Waals surface area contributed by atoms with Gasteiger partial charge < -0.3 is 36.1 Å². The summed E-state index contributed by atoms with van der Waals surface area (Å²) < 4.78 is 10.9. The second kappa shape index (κ2) is 13.8. The zero-order chi connectivity index (χ0) is 32.0. The van der Waals surface area contributed by atoms with Gasteiger partial charge in [0.1, 0.15) is 30.0 Å². The van der Waals surface area contributed by atoms with Gasteiger partial charge in [0.25, 0.3) is 0 Å². The number of rotatable bonds is 12. The first-order chi connectivity index (χ1) is 21.0. The average molecular weight is 606 g/mol. The number of fused-ring (bicyclic) bond motifs is 3. The molecule has 0 radical (unpaired) electrons. The number of ether oxygens (including phenoxy) is 2. The molecule has 1 aromatic heterocycles. The number of aromatic nitrogens is 1. The Bertz CT molecular complexity index is 1500. The summed E-state index contributed by atoms with van der Waals surface area (Å²) >= 11 is 0. The number of amides is 4. The van der Waals surface area contributed by atoms with Crippen LogP contribution in [0.2, 0.25) is 0 Å². The number of para-hydroxylation sites is 1. The van der Waals surface area contributed by atoms with E-state index in [1.807, 2.05) is 62.4 Å². The third-order valence-corrected chi connectivity index (χ3v) is 8.53. The molecule has 44 heavy (non-hydrogen) atoms. The first-order valence-corrected chi connectivity index (χ1v) is 15.1. The number of primary amides is 1. The average Bonchev–Trinajstić information content (AvgIpc) is 3.38. The third-order valence-electron chi connectivity index (χ3n) is 8.53. The van der Waals surface area contributed by atoms with Crippen LogP contribution in [-0.4, -0.2) is 53.5 Å². The third kappa shape index (κ3) is 6.98. The maximum absolute atomic E-state index is 14.1. The summed E-state index contributed by atoms with van der Waals surface area (Å²) in [6, 6.07) is 13.0. The molecule has 2 aromatic carbocycles. The molecule has 0 spiro atoms. The van der Waals surface area contributed by atoms with Crippen molar-refractivity contribution in [3.05, 3.63) is 65.4 Å². The van der Waals surface area contributed by atoms with Crippen molar-refractivity contribution in [2.75, 3.05) is 7.11 Å². The summed E-state index contributed by atoms with van der Waals surface area (Å²) in [6.45, 7) is 7.38. The summed E-state index contributed by atoms with van der Waals surface area (Å²) in [7, 11) is 1.59. The molecule has 1 heterocycles. The van der Waals surface area contributed by atoms with Gasteiger partial charge in [0, 0.05) is 17.5 Å². The van der Waals surface area contributed by atoms with E-state index >= 15 is 0 Å². The van der Waals surface area contributed by atoms with Crippen molar-refractivity contribution < 1.29 is 28.7 Å². The highest BCUT2D eigenvalue weighted by atomic mass is 16.5. The molecule has 0 saturated carbocycles. The Kier molecular flexibility index (Phi) is 10.2. The number of H-pyrrole nitrogens is 1. The van der Waals surface area contributed by atoms with Crippen molar-refractivity contribution in [2.24, 2.45) is 17.6 Å². The molecular formula is C33H43N5O6. The van der Waals surface area contributed by atoms with E-state index in [0.29, 0.717) is 18.6 Å². The van der Waals surface area contributed by atoms with Crippen molar-refractivity contribution in [3.63, 3.8) is 0 Å². The van der Waals surface area contributed by atoms with Gasteiger partial charge in [-0.1, -0.05) is 76.6 Å². The minimum Gasteiger partial charge on any atom is -0.495 e. The number of hydrogen-bond donors (Lipinski definition) is 5. The monoisotopic (exact) mass is 605 g/mol. The van der Waals surface area contributed by atoms with Crippen molar-refractivity contribution in [2.45, 2.75) is 77.6 Å². The maximum Gasteiger partial charge on any atom is 0.408 e. The molecule has 0 fully saturated rings. The normalized spacial score (nSPS) is 18.0. The number of alkyl carbamates (subject to hydrolysis) is 1. The molecule has 4 unspecified atom stereocenters. The van der Waals surface area contributed by atoms with Gasteiger partial charge >= 0.3 is 6.09 Å². The van der Waals surface area contributed by atoms with Crippen LogP contribution in [0.3, 0.4) is 0 Å². The number of nitrogens with two attached hydrogens (primary N) is 1. The number of benzene rings is 2. The quantitative estimate of drug-likeness (QED) is 0.212. The molecule has 4 rings (SSSR count). The van der Waals surface area contributed by atoms with Gasteiger partial charge in [-0.25, -0.2) is 4.79 Å². The minimum atomic E-state index is -1.42. The van der Waals surface area contributed by atoms with Gasteiger partial charge in [-0.15, -0.1) is 0 Å². The predicted octanol–water partition coefficient (Wildman–Crippen LogP) is 3.49. The van der Waals surface area contributed by atoms with Crippen molar-refractivity contribution in [1.29, 1.82) is 0 Å². The van der Waals surface area contributed by atoms with Crippen LogP contribution in [0.4, 0.5) is 4.79 Å². The molecule has 3 aromatic rings. The van der Waals surface area contributed by atoms with Gasteiger partial charge in [0.2, 0.25) is 17.7 Å². The fourth-order valence-corrected chi connectivity index (χ4v) is 5.72. The van der Waals surface area contributed by atoms with Crippen LogP contribution in [0.25, 0.3) is 10.9 Å². The van der Waals surface area contributed by atoms with E-state index < -0.39 is 41.4 Å². The summed E-state index contributed by atoms with van der Waals surface area (Å²) in [4.78, 5) is 56.7. The van der Waals surface area contributed by atoms with Crippen molar-refractivity contribution in [1.82, 2.24) is 20.9 Å². The van der Waals surface area contributed by atoms with Gasteiger partial charge in [-0.2, -0.15) is 0 Å². The lowest BCUT2D eigenvalue weighted by Gasteiger charge is -2.39. The lowest BCUT2D eigenvalue weighted by molar-refractivity contribution is -0.137. The Labute approximate surface area is 257 Å². The zero-order valence-electron chi connectivity index (χ0n) is 26.0. The lowest BCUT2D eigenvalue weighted by atomic mass is 9.78. The zero-order valence-corrected chi connectivity index (χ0v) is 26.0. The number of carbonyl (C=O) groups excluding carboxylic acids is 4. The molecule has 1 aliphatic rings. The molecule has 236 valence electrons. The Morgan fingerprint density at radius 1 is 1.00 bits per heavy atom. The smallest absolute Gasteiger partial charge is 0.408 e. The highest BCUT2D eigenvalue weighted by Gasteiger charge is 2.46. The lowest BCUT2D eigenvalue weighted by Crippen LogP contribution is -2.67. The fraction of sp³-hybridized carbons (Fsp3) is 0.455. The SMILES string of the molecule is CCC(C)C(NC(=O)OCc1ccccc1)C(=O)NC1(C(=O)NC(C(N)=O)C(C)C)CCc2[nH]c3c(OC)cccc3c2C1. The van der Waals surface area contributed by atoms with E-state index in [2.05, 4.69) is 20.9 Å². The first-order valence-electron chi connectivity index (χ1n) is 15.1. The van der Waals surface area contributed by atoms with Gasteiger partial charge in [0.15, 0.2) is 0 Å². The molecule has 11 nitrogen and oxygen atoms in total. The molecule has 11 heteroatoms. The standard InChI is InChI=1S/C33H43N5O6/c1-6-20(4)27(37-32(42)44-18-21-11-8-7-9-12-21)30(40)38-33(31(41)36-26(19(2)3)29(34)39)16-15-24-23(17-33)22-13-10-14-25(43-5)28(22)35-24/h7-14,19-20,26-27,35H,6,15-18H2,1-5H3,(H2,34,39)(H,36,41)(H,37,42)(H,38,40). The van der Waals surface area contributed by atoms with Crippen LogP contribution in [0.1, 0.15) is 57.4 Å². The van der Waals surface area contributed by atoms with Gasteiger partial charge in [-0.3, -0.25) is 14.4 Å². The summed E-state index contributed by atoms with van der Waals surface area (Å²) in [5, 5.41) is 9.42. The summed E-state index contributed by atoms with van der Waals surface area (Å²) in [5.41, 5.74) is 7.64.